The molecule has 1 saturated heterocycles. The fraction of sp³-hybridized carbons (Fsp3) is 0.611. The summed E-state index contributed by atoms with van der Waals surface area (Å²) in [6.07, 6.45) is 3.80. The molecule has 23 heavy (non-hydrogen) atoms. The van der Waals surface area contributed by atoms with Gasteiger partial charge in [-0.3, -0.25) is 4.79 Å². The Morgan fingerprint density at radius 2 is 2.13 bits per heavy atom. The van der Waals surface area contributed by atoms with E-state index in [0.29, 0.717) is 12.3 Å². The van der Waals surface area contributed by atoms with Crippen molar-refractivity contribution in [3.05, 3.63) is 29.8 Å². The number of hydrogen-bond donors (Lipinski definition) is 2. The van der Waals surface area contributed by atoms with Crippen molar-refractivity contribution in [2.75, 3.05) is 19.7 Å². The van der Waals surface area contributed by atoms with Crippen molar-refractivity contribution in [2.45, 2.75) is 45.6 Å². The lowest BCUT2D eigenvalue weighted by molar-refractivity contribution is -0.122. The SMILES string of the molecule is CCCOc1ccc(C(C)NC(=O)CCC2CCNC2)cc1.Cl. The molecule has 0 aromatic heterocycles. The summed E-state index contributed by atoms with van der Waals surface area (Å²) in [6, 6.07) is 8.03. The fourth-order valence-corrected chi connectivity index (χ4v) is 2.77. The summed E-state index contributed by atoms with van der Waals surface area (Å²) in [5.41, 5.74) is 1.11. The molecule has 2 unspecified atom stereocenters. The largest absolute Gasteiger partial charge is 0.494 e. The van der Waals surface area contributed by atoms with Crippen molar-refractivity contribution in [3.63, 3.8) is 0 Å². The Labute approximate surface area is 145 Å². The second kappa shape index (κ2) is 10.5. The molecule has 1 fully saturated rings. The van der Waals surface area contributed by atoms with E-state index >= 15 is 0 Å². The van der Waals surface area contributed by atoms with Crippen molar-refractivity contribution in [1.29, 1.82) is 0 Å². The van der Waals surface area contributed by atoms with Crippen LogP contribution in [0, 0.1) is 5.92 Å². The smallest absolute Gasteiger partial charge is 0.220 e. The second-order valence-corrected chi connectivity index (χ2v) is 6.10. The number of hydrogen-bond acceptors (Lipinski definition) is 3. The lowest BCUT2D eigenvalue weighted by atomic mass is 10.0. The molecule has 0 aliphatic carbocycles. The molecule has 2 atom stereocenters. The van der Waals surface area contributed by atoms with Crippen LogP contribution in [0.3, 0.4) is 0 Å². The van der Waals surface area contributed by atoms with Gasteiger partial charge in [-0.1, -0.05) is 19.1 Å². The van der Waals surface area contributed by atoms with Crippen LogP contribution in [0.1, 0.15) is 51.1 Å². The molecule has 1 heterocycles. The Balaban J connectivity index is 0.00000264. The van der Waals surface area contributed by atoms with Gasteiger partial charge in [0.25, 0.3) is 0 Å². The highest BCUT2D eigenvalue weighted by atomic mass is 35.5. The molecule has 0 saturated carbocycles. The van der Waals surface area contributed by atoms with E-state index in [2.05, 4.69) is 17.6 Å². The molecule has 130 valence electrons. The highest BCUT2D eigenvalue weighted by Crippen LogP contribution is 2.19. The first-order chi connectivity index (χ1) is 10.7. The summed E-state index contributed by atoms with van der Waals surface area (Å²) in [5, 5.41) is 6.42. The van der Waals surface area contributed by atoms with E-state index in [9.17, 15) is 4.79 Å². The molecule has 0 radical (unpaired) electrons. The van der Waals surface area contributed by atoms with E-state index in [1.165, 1.54) is 6.42 Å². The van der Waals surface area contributed by atoms with Gasteiger partial charge in [0.1, 0.15) is 5.75 Å². The van der Waals surface area contributed by atoms with Crippen LogP contribution in [0.4, 0.5) is 0 Å². The number of nitrogens with one attached hydrogen (secondary N) is 2. The minimum absolute atomic E-state index is 0. The van der Waals surface area contributed by atoms with Crippen molar-refractivity contribution in [3.8, 4) is 5.75 Å². The summed E-state index contributed by atoms with van der Waals surface area (Å²) < 4.78 is 5.57. The van der Waals surface area contributed by atoms with Crippen LogP contribution in [0.5, 0.6) is 5.75 Å². The monoisotopic (exact) mass is 340 g/mol. The lowest BCUT2D eigenvalue weighted by Crippen LogP contribution is -2.27. The molecule has 1 aliphatic heterocycles. The van der Waals surface area contributed by atoms with Crippen LogP contribution in [-0.4, -0.2) is 25.6 Å². The Morgan fingerprint density at radius 1 is 1.39 bits per heavy atom. The molecule has 0 bridgehead atoms. The summed E-state index contributed by atoms with van der Waals surface area (Å²) in [4.78, 5) is 12.0. The fourth-order valence-electron chi connectivity index (χ4n) is 2.77. The van der Waals surface area contributed by atoms with E-state index in [-0.39, 0.29) is 24.4 Å². The Bertz CT molecular complexity index is 459. The van der Waals surface area contributed by atoms with Gasteiger partial charge in [-0.2, -0.15) is 0 Å². The van der Waals surface area contributed by atoms with Gasteiger partial charge >= 0.3 is 0 Å². The number of rotatable bonds is 8. The number of carbonyl (C=O) groups is 1. The van der Waals surface area contributed by atoms with Gasteiger partial charge in [-0.15, -0.1) is 12.4 Å². The van der Waals surface area contributed by atoms with Gasteiger partial charge in [0.2, 0.25) is 5.91 Å². The van der Waals surface area contributed by atoms with E-state index in [1.54, 1.807) is 0 Å². The van der Waals surface area contributed by atoms with Gasteiger partial charge in [0, 0.05) is 6.42 Å². The van der Waals surface area contributed by atoms with Gasteiger partial charge in [-0.25, -0.2) is 0 Å². The average Bonchev–Trinajstić information content (AvgIpc) is 3.05. The van der Waals surface area contributed by atoms with Crippen molar-refractivity contribution in [1.82, 2.24) is 10.6 Å². The van der Waals surface area contributed by atoms with E-state index in [0.717, 1.165) is 43.9 Å². The van der Waals surface area contributed by atoms with Crippen LogP contribution in [0.2, 0.25) is 0 Å². The molecule has 5 heteroatoms. The molecule has 1 amide bonds. The highest BCUT2D eigenvalue weighted by Gasteiger charge is 2.16. The predicted octanol–water partition coefficient (Wildman–Crippen LogP) is 3.46. The third kappa shape index (κ3) is 6.80. The summed E-state index contributed by atoms with van der Waals surface area (Å²) >= 11 is 0. The molecule has 2 rings (SSSR count). The number of ether oxygens (including phenoxy) is 1. The van der Waals surface area contributed by atoms with Crippen molar-refractivity contribution in [2.24, 2.45) is 5.92 Å². The zero-order valence-corrected chi connectivity index (χ0v) is 15.0. The minimum Gasteiger partial charge on any atom is -0.494 e. The van der Waals surface area contributed by atoms with Crippen LogP contribution in [0.15, 0.2) is 24.3 Å². The Kier molecular flexibility index (Phi) is 9.03. The number of carbonyl (C=O) groups excluding carboxylic acids is 1. The maximum Gasteiger partial charge on any atom is 0.220 e. The number of amides is 1. The van der Waals surface area contributed by atoms with E-state index < -0.39 is 0 Å². The molecule has 0 spiro atoms. The van der Waals surface area contributed by atoms with Crippen LogP contribution in [-0.2, 0) is 4.79 Å². The molecule has 1 aromatic rings. The Hall–Kier alpha value is -1.26. The molecular weight excluding hydrogens is 312 g/mol. The first-order valence-corrected chi connectivity index (χ1v) is 8.42. The summed E-state index contributed by atoms with van der Waals surface area (Å²) in [5.74, 6) is 1.69. The van der Waals surface area contributed by atoms with Gasteiger partial charge in [0.05, 0.1) is 12.6 Å². The maximum atomic E-state index is 12.0. The summed E-state index contributed by atoms with van der Waals surface area (Å²) in [6.45, 7) is 7.00. The normalized spacial score (nSPS) is 18.1. The van der Waals surface area contributed by atoms with Gasteiger partial charge in [-0.05, 0) is 62.9 Å². The zero-order valence-electron chi connectivity index (χ0n) is 14.1. The molecule has 1 aromatic carbocycles. The van der Waals surface area contributed by atoms with E-state index in [4.69, 9.17) is 4.74 Å². The number of halogens is 1. The lowest BCUT2D eigenvalue weighted by Gasteiger charge is -2.16. The maximum absolute atomic E-state index is 12.0. The van der Waals surface area contributed by atoms with Gasteiger partial charge < -0.3 is 15.4 Å². The summed E-state index contributed by atoms with van der Waals surface area (Å²) in [7, 11) is 0. The molecule has 1 aliphatic rings. The van der Waals surface area contributed by atoms with Crippen molar-refractivity contribution >= 4 is 18.3 Å². The van der Waals surface area contributed by atoms with Gasteiger partial charge in [0.15, 0.2) is 0 Å². The third-order valence-corrected chi connectivity index (χ3v) is 4.17. The molecule has 4 nitrogen and oxygen atoms in total. The van der Waals surface area contributed by atoms with Crippen molar-refractivity contribution < 1.29 is 9.53 Å². The highest BCUT2D eigenvalue weighted by molar-refractivity contribution is 5.85. The average molecular weight is 341 g/mol. The van der Waals surface area contributed by atoms with Crippen LogP contribution in [0.25, 0.3) is 0 Å². The predicted molar refractivity (Wildman–Crippen MR) is 96.2 cm³/mol. The zero-order chi connectivity index (χ0) is 15.8. The molecular formula is C18H29ClN2O2. The number of benzene rings is 1. The molecule has 2 N–H and O–H groups in total. The topological polar surface area (TPSA) is 50.4 Å². The van der Waals surface area contributed by atoms with Crippen LogP contribution < -0.4 is 15.4 Å². The van der Waals surface area contributed by atoms with Crippen LogP contribution >= 0.6 is 12.4 Å². The van der Waals surface area contributed by atoms with E-state index in [1.807, 2.05) is 31.2 Å². The second-order valence-electron chi connectivity index (χ2n) is 6.10. The minimum atomic E-state index is 0. The first kappa shape index (κ1) is 19.8. The quantitative estimate of drug-likeness (QED) is 0.762. The Morgan fingerprint density at radius 3 is 2.74 bits per heavy atom. The standard InChI is InChI=1S/C18H28N2O2.ClH/c1-3-12-22-17-7-5-16(6-8-17)14(2)20-18(21)9-4-15-10-11-19-13-15;/h5-8,14-15,19H,3-4,9-13H2,1-2H3,(H,20,21);1H. The third-order valence-electron chi connectivity index (χ3n) is 4.17. The first-order valence-electron chi connectivity index (χ1n) is 8.42.